The minimum atomic E-state index is 0.394. The van der Waals surface area contributed by atoms with Crippen LogP contribution in [0.1, 0.15) is 26.2 Å². The fourth-order valence-electron chi connectivity index (χ4n) is 1.77. The first-order valence-corrected chi connectivity index (χ1v) is 6.86. The Morgan fingerprint density at radius 3 is 2.72 bits per heavy atom. The van der Waals surface area contributed by atoms with Gasteiger partial charge in [-0.25, -0.2) is 0 Å². The third kappa shape index (κ3) is 6.08. The summed E-state index contributed by atoms with van der Waals surface area (Å²) >= 11 is 5.83. The Morgan fingerprint density at radius 2 is 2.11 bits per heavy atom. The Labute approximate surface area is 115 Å². The van der Waals surface area contributed by atoms with Crippen molar-refractivity contribution in [2.24, 2.45) is 0 Å². The SMILES string of the molecule is C=CCCCC(COc1ccc(Cl)cc1)NCC. The number of ether oxygens (including phenoxy) is 1. The molecule has 0 fully saturated rings. The maximum absolute atomic E-state index is 5.83. The van der Waals surface area contributed by atoms with E-state index < -0.39 is 0 Å². The van der Waals surface area contributed by atoms with Gasteiger partial charge in [0.15, 0.2) is 0 Å². The largest absolute Gasteiger partial charge is 0.492 e. The number of halogens is 1. The van der Waals surface area contributed by atoms with Crippen LogP contribution in [-0.2, 0) is 0 Å². The molecule has 0 saturated carbocycles. The van der Waals surface area contributed by atoms with Crippen LogP contribution < -0.4 is 10.1 Å². The van der Waals surface area contributed by atoms with Crippen LogP contribution in [0.2, 0.25) is 5.02 Å². The van der Waals surface area contributed by atoms with Crippen molar-refractivity contribution in [3.63, 3.8) is 0 Å². The van der Waals surface area contributed by atoms with Crippen LogP contribution in [0.25, 0.3) is 0 Å². The molecule has 1 unspecified atom stereocenters. The van der Waals surface area contributed by atoms with Gasteiger partial charge in [0, 0.05) is 11.1 Å². The Bertz CT molecular complexity index is 337. The summed E-state index contributed by atoms with van der Waals surface area (Å²) in [6.45, 7) is 7.50. The van der Waals surface area contributed by atoms with Crippen molar-refractivity contribution in [3.8, 4) is 5.75 Å². The van der Waals surface area contributed by atoms with Gasteiger partial charge in [-0.1, -0.05) is 24.6 Å². The van der Waals surface area contributed by atoms with Crippen LogP contribution in [0.15, 0.2) is 36.9 Å². The van der Waals surface area contributed by atoms with Gasteiger partial charge in [0.25, 0.3) is 0 Å². The quantitative estimate of drug-likeness (QED) is 0.538. The normalized spacial score (nSPS) is 12.1. The van der Waals surface area contributed by atoms with Gasteiger partial charge in [-0.15, -0.1) is 6.58 Å². The molecule has 0 aliphatic rings. The molecule has 1 N–H and O–H groups in total. The molecule has 1 rings (SSSR count). The van der Waals surface area contributed by atoms with E-state index in [9.17, 15) is 0 Å². The summed E-state index contributed by atoms with van der Waals surface area (Å²) in [6.07, 6.45) is 5.27. The predicted molar refractivity (Wildman–Crippen MR) is 78.5 cm³/mol. The second kappa shape index (κ2) is 9.01. The van der Waals surface area contributed by atoms with Crippen molar-refractivity contribution in [1.82, 2.24) is 5.32 Å². The number of unbranched alkanes of at least 4 members (excludes halogenated alkanes) is 1. The molecular weight excluding hydrogens is 246 g/mol. The van der Waals surface area contributed by atoms with E-state index >= 15 is 0 Å². The average molecular weight is 268 g/mol. The van der Waals surface area contributed by atoms with E-state index in [-0.39, 0.29) is 0 Å². The Morgan fingerprint density at radius 1 is 1.39 bits per heavy atom. The van der Waals surface area contributed by atoms with E-state index in [1.54, 1.807) is 0 Å². The summed E-state index contributed by atoms with van der Waals surface area (Å²) < 4.78 is 5.76. The molecule has 1 aromatic rings. The molecule has 0 aliphatic carbocycles. The molecule has 2 nitrogen and oxygen atoms in total. The minimum Gasteiger partial charge on any atom is -0.492 e. The monoisotopic (exact) mass is 267 g/mol. The lowest BCUT2D eigenvalue weighted by Gasteiger charge is -2.18. The van der Waals surface area contributed by atoms with Crippen molar-refractivity contribution in [2.75, 3.05) is 13.2 Å². The second-order valence-electron chi connectivity index (χ2n) is 4.24. The van der Waals surface area contributed by atoms with Gasteiger partial charge in [0.05, 0.1) is 0 Å². The Hall–Kier alpha value is -0.990. The van der Waals surface area contributed by atoms with E-state index in [1.165, 1.54) is 0 Å². The van der Waals surface area contributed by atoms with Crippen molar-refractivity contribution in [2.45, 2.75) is 32.2 Å². The number of allylic oxidation sites excluding steroid dienone is 1. The summed E-state index contributed by atoms with van der Waals surface area (Å²) in [5.74, 6) is 0.867. The summed E-state index contributed by atoms with van der Waals surface area (Å²) in [6, 6.07) is 7.88. The smallest absolute Gasteiger partial charge is 0.119 e. The van der Waals surface area contributed by atoms with Gasteiger partial charge in [0.2, 0.25) is 0 Å². The van der Waals surface area contributed by atoms with Gasteiger partial charge in [0.1, 0.15) is 12.4 Å². The van der Waals surface area contributed by atoms with Crippen LogP contribution in [0.4, 0.5) is 0 Å². The summed E-state index contributed by atoms with van der Waals surface area (Å²) in [5.41, 5.74) is 0. The molecule has 0 amide bonds. The fraction of sp³-hybridized carbons (Fsp3) is 0.467. The molecule has 0 aliphatic heterocycles. The number of likely N-dealkylation sites (N-methyl/N-ethyl adjacent to an activating group) is 1. The highest BCUT2D eigenvalue weighted by Crippen LogP contribution is 2.16. The molecule has 100 valence electrons. The van der Waals surface area contributed by atoms with Crippen LogP contribution in [0.3, 0.4) is 0 Å². The molecule has 0 spiro atoms. The predicted octanol–water partition coefficient (Wildman–Crippen LogP) is 4.05. The van der Waals surface area contributed by atoms with Crippen molar-refractivity contribution in [1.29, 1.82) is 0 Å². The summed E-state index contributed by atoms with van der Waals surface area (Å²) in [5, 5.41) is 4.17. The van der Waals surface area contributed by atoms with Gasteiger partial charge >= 0.3 is 0 Å². The third-order valence-corrected chi connectivity index (χ3v) is 2.97. The molecule has 0 bridgehead atoms. The van der Waals surface area contributed by atoms with Gasteiger partial charge < -0.3 is 10.1 Å². The topological polar surface area (TPSA) is 21.3 Å². The maximum atomic E-state index is 5.83. The van der Waals surface area contributed by atoms with Gasteiger partial charge in [-0.3, -0.25) is 0 Å². The zero-order chi connectivity index (χ0) is 13.2. The zero-order valence-electron chi connectivity index (χ0n) is 11.0. The summed E-state index contributed by atoms with van der Waals surface area (Å²) in [7, 11) is 0. The van der Waals surface area contributed by atoms with Gasteiger partial charge in [-0.05, 0) is 50.1 Å². The highest BCUT2D eigenvalue weighted by atomic mass is 35.5. The van der Waals surface area contributed by atoms with E-state index in [2.05, 4.69) is 18.8 Å². The molecule has 1 atom stereocenters. The minimum absolute atomic E-state index is 0.394. The van der Waals surface area contributed by atoms with Crippen molar-refractivity contribution < 1.29 is 4.74 Å². The second-order valence-corrected chi connectivity index (χ2v) is 4.68. The first kappa shape index (κ1) is 15.1. The number of nitrogens with one attached hydrogen (secondary N) is 1. The maximum Gasteiger partial charge on any atom is 0.119 e. The fourth-order valence-corrected chi connectivity index (χ4v) is 1.90. The Balaban J connectivity index is 2.35. The lowest BCUT2D eigenvalue weighted by Crippen LogP contribution is -2.34. The Kier molecular flexibility index (Phi) is 7.54. The number of rotatable bonds is 9. The molecule has 0 aromatic heterocycles. The molecule has 0 radical (unpaired) electrons. The molecule has 0 saturated heterocycles. The molecule has 0 heterocycles. The van der Waals surface area contributed by atoms with Crippen molar-refractivity contribution in [3.05, 3.63) is 41.9 Å². The summed E-state index contributed by atoms with van der Waals surface area (Å²) in [4.78, 5) is 0. The third-order valence-electron chi connectivity index (χ3n) is 2.72. The molecule has 18 heavy (non-hydrogen) atoms. The van der Waals surface area contributed by atoms with Crippen LogP contribution in [0, 0.1) is 0 Å². The first-order valence-electron chi connectivity index (χ1n) is 6.49. The van der Waals surface area contributed by atoms with E-state index in [1.807, 2.05) is 30.3 Å². The van der Waals surface area contributed by atoms with Gasteiger partial charge in [-0.2, -0.15) is 0 Å². The van der Waals surface area contributed by atoms with Crippen LogP contribution in [0.5, 0.6) is 5.75 Å². The van der Waals surface area contributed by atoms with E-state index in [4.69, 9.17) is 16.3 Å². The lowest BCUT2D eigenvalue weighted by atomic mass is 10.1. The standard InChI is InChI=1S/C15H22ClNO/c1-3-5-6-7-14(17-4-2)12-18-15-10-8-13(16)9-11-15/h3,8-11,14,17H,1,4-7,12H2,2H3. The molecule has 1 aromatic carbocycles. The number of benzene rings is 1. The molecule has 3 heteroatoms. The highest BCUT2D eigenvalue weighted by Gasteiger charge is 2.07. The average Bonchev–Trinajstić information content (AvgIpc) is 2.38. The number of hydrogen-bond acceptors (Lipinski definition) is 2. The van der Waals surface area contributed by atoms with Crippen LogP contribution in [-0.4, -0.2) is 19.2 Å². The first-order chi connectivity index (χ1) is 8.76. The van der Waals surface area contributed by atoms with Crippen LogP contribution >= 0.6 is 11.6 Å². The van der Waals surface area contributed by atoms with E-state index in [0.717, 1.165) is 36.6 Å². The van der Waals surface area contributed by atoms with Crippen molar-refractivity contribution >= 4 is 11.6 Å². The zero-order valence-corrected chi connectivity index (χ0v) is 11.7. The van der Waals surface area contributed by atoms with E-state index in [0.29, 0.717) is 12.6 Å². The highest BCUT2D eigenvalue weighted by molar-refractivity contribution is 6.30. The number of hydrogen-bond donors (Lipinski definition) is 1. The molecular formula is C15H22ClNO. The lowest BCUT2D eigenvalue weighted by molar-refractivity contribution is 0.256.